The van der Waals surface area contributed by atoms with Crippen LogP contribution < -0.4 is 0 Å². The first-order valence-electron chi connectivity index (χ1n) is 7.52. The number of hydrogen-bond donors (Lipinski definition) is 0. The molecule has 1 saturated heterocycles. The fourth-order valence-corrected chi connectivity index (χ4v) is 2.64. The fourth-order valence-electron chi connectivity index (χ4n) is 2.64. The van der Waals surface area contributed by atoms with Crippen LogP contribution in [0, 0.1) is 28.6 Å². The van der Waals surface area contributed by atoms with E-state index in [1.807, 2.05) is 6.92 Å². The lowest BCUT2D eigenvalue weighted by Crippen LogP contribution is -2.53. The smallest absolute Gasteiger partial charge is 0.0669 e. The molecule has 0 aromatic carbocycles. The van der Waals surface area contributed by atoms with Crippen LogP contribution in [0.2, 0.25) is 0 Å². The first-order valence-corrected chi connectivity index (χ1v) is 7.52. The van der Waals surface area contributed by atoms with E-state index in [4.69, 9.17) is 15.3 Å². The van der Waals surface area contributed by atoms with Crippen LogP contribution in [0.3, 0.4) is 0 Å². The third-order valence-corrected chi connectivity index (χ3v) is 3.84. The first kappa shape index (κ1) is 16.9. The molecule has 0 aromatic heterocycles. The van der Waals surface area contributed by atoms with E-state index in [2.05, 4.69) is 28.9 Å². The molecule has 0 aromatic rings. The molecule has 0 amide bonds. The van der Waals surface area contributed by atoms with Crippen molar-refractivity contribution in [1.29, 1.82) is 10.5 Å². The Morgan fingerprint density at radius 3 is 2.75 bits per heavy atom. The molecule has 1 fully saturated rings. The monoisotopic (exact) mass is 278 g/mol. The van der Waals surface area contributed by atoms with Crippen molar-refractivity contribution in [3.05, 3.63) is 0 Å². The SMILES string of the molecule is CCOCCN1CCN(C[C@H](C#N)CCC#N)C[C@H]1C. The van der Waals surface area contributed by atoms with E-state index in [1.165, 1.54) is 0 Å². The van der Waals surface area contributed by atoms with Gasteiger partial charge in [0.1, 0.15) is 0 Å². The van der Waals surface area contributed by atoms with Gasteiger partial charge in [-0.1, -0.05) is 0 Å². The van der Waals surface area contributed by atoms with Crippen LogP contribution in [0.4, 0.5) is 0 Å². The van der Waals surface area contributed by atoms with E-state index in [0.717, 1.165) is 45.9 Å². The van der Waals surface area contributed by atoms with Crippen molar-refractivity contribution in [3.63, 3.8) is 0 Å². The second-order valence-corrected chi connectivity index (χ2v) is 5.36. The van der Waals surface area contributed by atoms with Gasteiger partial charge in [0.2, 0.25) is 0 Å². The number of nitrogens with zero attached hydrogens (tertiary/aromatic N) is 4. The van der Waals surface area contributed by atoms with Gasteiger partial charge < -0.3 is 4.74 Å². The average molecular weight is 278 g/mol. The zero-order valence-electron chi connectivity index (χ0n) is 12.7. The van der Waals surface area contributed by atoms with Gasteiger partial charge in [0, 0.05) is 51.8 Å². The number of nitriles is 2. The Balaban J connectivity index is 2.31. The minimum absolute atomic E-state index is 0.0168. The van der Waals surface area contributed by atoms with Crippen molar-refractivity contribution in [2.45, 2.75) is 32.7 Å². The van der Waals surface area contributed by atoms with Crippen LogP contribution in [0.15, 0.2) is 0 Å². The Labute approximate surface area is 122 Å². The van der Waals surface area contributed by atoms with Gasteiger partial charge in [0.15, 0.2) is 0 Å². The summed E-state index contributed by atoms with van der Waals surface area (Å²) in [6, 6.07) is 4.95. The van der Waals surface area contributed by atoms with Crippen LogP contribution in [0.5, 0.6) is 0 Å². The number of hydrogen-bond acceptors (Lipinski definition) is 5. The van der Waals surface area contributed by atoms with Crippen LogP contribution in [-0.2, 0) is 4.74 Å². The highest BCUT2D eigenvalue weighted by molar-refractivity contribution is 4.90. The summed E-state index contributed by atoms with van der Waals surface area (Å²) in [6.45, 7) is 10.6. The normalized spacial score (nSPS) is 22.1. The molecule has 0 aliphatic carbocycles. The van der Waals surface area contributed by atoms with E-state index in [0.29, 0.717) is 18.9 Å². The van der Waals surface area contributed by atoms with E-state index in [-0.39, 0.29) is 5.92 Å². The molecule has 112 valence electrons. The molecule has 0 saturated carbocycles. The predicted octanol–water partition coefficient (Wildman–Crippen LogP) is 1.47. The number of rotatable bonds is 8. The quantitative estimate of drug-likeness (QED) is 0.629. The van der Waals surface area contributed by atoms with Crippen molar-refractivity contribution in [1.82, 2.24) is 9.80 Å². The highest BCUT2D eigenvalue weighted by atomic mass is 16.5. The summed E-state index contributed by atoms with van der Waals surface area (Å²) in [5.41, 5.74) is 0. The highest BCUT2D eigenvalue weighted by Gasteiger charge is 2.24. The van der Waals surface area contributed by atoms with Crippen molar-refractivity contribution in [2.24, 2.45) is 5.92 Å². The summed E-state index contributed by atoms with van der Waals surface area (Å²) in [6.07, 6.45) is 1.16. The van der Waals surface area contributed by atoms with Gasteiger partial charge in [-0.05, 0) is 20.3 Å². The van der Waals surface area contributed by atoms with Crippen LogP contribution in [0.25, 0.3) is 0 Å². The maximum absolute atomic E-state index is 9.13. The lowest BCUT2D eigenvalue weighted by atomic mass is 10.0. The largest absolute Gasteiger partial charge is 0.380 e. The molecule has 0 unspecified atom stereocenters. The van der Waals surface area contributed by atoms with Crippen molar-refractivity contribution >= 4 is 0 Å². The first-order chi connectivity index (χ1) is 9.71. The number of piperazine rings is 1. The number of ether oxygens (including phenoxy) is 1. The zero-order valence-corrected chi connectivity index (χ0v) is 12.7. The van der Waals surface area contributed by atoms with E-state index >= 15 is 0 Å². The molecule has 1 aliphatic rings. The molecular formula is C15H26N4O. The Morgan fingerprint density at radius 1 is 1.35 bits per heavy atom. The maximum atomic E-state index is 9.13. The molecule has 2 atom stereocenters. The summed E-state index contributed by atoms with van der Waals surface area (Å²) < 4.78 is 5.41. The summed E-state index contributed by atoms with van der Waals surface area (Å²) in [4.78, 5) is 4.80. The Morgan fingerprint density at radius 2 is 2.15 bits per heavy atom. The Kier molecular flexibility index (Phi) is 8.22. The van der Waals surface area contributed by atoms with Gasteiger partial charge in [-0.25, -0.2) is 0 Å². The van der Waals surface area contributed by atoms with Crippen LogP contribution in [0.1, 0.15) is 26.7 Å². The average Bonchev–Trinajstić information content (AvgIpc) is 2.45. The summed E-state index contributed by atoms with van der Waals surface area (Å²) in [5, 5.41) is 17.7. The Bertz CT molecular complexity index is 347. The minimum Gasteiger partial charge on any atom is -0.380 e. The Hall–Kier alpha value is -1.14. The molecule has 1 rings (SSSR count). The molecular weight excluding hydrogens is 252 g/mol. The molecule has 0 N–H and O–H groups in total. The third-order valence-electron chi connectivity index (χ3n) is 3.84. The minimum atomic E-state index is -0.0168. The third kappa shape index (κ3) is 5.88. The van der Waals surface area contributed by atoms with E-state index in [9.17, 15) is 0 Å². The van der Waals surface area contributed by atoms with Gasteiger partial charge in [-0.15, -0.1) is 0 Å². The standard InChI is InChI=1S/C15H26N4O/c1-3-20-10-9-19-8-7-18(12-14(19)2)13-15(11-17)5-4-6-16/h14-15H,3-5,7-10,12-13H2,1-2H3/t14-,15+/m1/s1. The summed E-state index contributed by atoms with van der Waals surface area (Å²) in [7, 11) is 0. The van der Waals surface area contributed by atoms with Gasteiger partial charge in [-0.2, -0.15) is 10.5 Å². The summed E-state index contributed by atoms with van der Waals surface area (Å²) >= 11 is 0. The second-order valence-electron chi connectivity index (χ2n) is 5.36. The maximum Gasteiger partial charge on any atom is 0.0669 e. The molecule has 1 heterocycles. The molecule has 5 heteroatoms. The van der Waals surface area contributed by atoms with Crippen LogP contribution in [-0.4, -0.2) is 61.8 Å². The van der Waals surface area contributed by atoms with Gasteiger partial charge in [-0.3, -0.25) is 9.80 Å². The van der Waals surface area contributed by atoms with E-state index < -0.39 is 0 Å². The van der Waals surface area contributed by atoms with Crippen molar-refractivity contribution in [2.75, 3.05) is 45.9 Å². The highest BCUT2D eigenvalue weighted by Crippen LogP contribution is 2.13. The zero-order chi connectivity index (χ0) is 14.8. The van der Waals surface area contributed by atoms with Gasteiger partial charge in [0.25, 0.3) is 0 Å². The molecule has 1 aliphatic heterocycles. The lowest BCUT2D eigenvalue weighted by Gasteiger charge is -2.40. The molecule has 5 nitrogen and oxygen atoms in total. The predicted molar refractivity (Wildman–Crippen MR) is 77.9 cm³/mol. The van der Waals surface area contributed by atoms with Crippen molar-refractivity contribution in [3.8, 4) is 12.1 Å². The van der Waals surface area contributed by atoms with Crippen LogP contribution >= 0.6 is 0 Å². The summed E-state index contributed by atoms with van der Waals surface area (Å²) in [5.74, 6) is -0.0168. The molecule has 20 heavy (non-hydrogen) atoms. The van der Waals surface area contributed by atoms with Gasteiger partial charge in [0.05, 0.1) is 24.7 Å². The van der Waals surface area contributed by atoms with E-state index in [1.54, 1.807) is 0 Å². The van der Waals surface area contributed by atoms with Crippen molar-refractivity contribution < 1.29 is 4.74 Å². The second kappa shape index (κ2) is 9.72. The lowest BCUT2D eigenvalue weighted by molar-refractivity contribution is 0.0459. The molecule has 0 radical (unpaired) electrons. The topological polar surface area (TPSA) is 63.3 Å². The van der Waals surface area contributed by atoms with Gasteiger partial charge >= 0.3 is 0 Å². The fraction of sp³-hybridized carbons (Fsp3) is 0.867. The molecule has 0 bridgehead atoms. The molecule has 0 spiro atoms.